The number of aromatic nitrogens is 2. The first-order valence-corrected chi connectivity index (χ1v) is 14.1. The fourth-order valence-corrected chi connectivity index (χ4v) is 6.14. The Hall–Kier alpha value is -2.14. The van der Waals surface area contributed by atoms with Gasteiger partial charge in [-0.15, -0.1) is 0 Å². The van der Waals surface area contributed by atoms with E-state index in [0.717, 1.165) is 25.7 Å². The van der Waals surface area contributed by atoms with E-state index >= 15 is 0 Å². The molecule has 0 spiro atoms. The largest absolute Gasteiger partial charge is 0.483 e. The van der Waals surface area contributed by atoms with Gasteiger partial charge in [0.25, 0.3) is 0 Å². The van der Waals surface area contributed by atoms with Crippen LogP contribution in [0.4, 0.5) is 5.69 Å². The third-order valence-electron chi connectivity index (χ3n) is 6.91. The third kappa shape index (κ3) is 5.66. The minimum Gasteiger partial charge on any atom is -0.483 e. The van der Waals surface area contributed by atoms with Crippen LogP contribution in [0.3, 0.4) is 0 Å². The molecular weight excluding hydrogens is 490 g/mol. The first-order valence-electron chi connectivity index (χ1n) is 12.2. The Labute approximate surface area is 211 Å². The maximum Gasteiger partial charge on any atom is 0.316 e. The fourth-order valence-electron chi connectivity index (χ4n) is 4.69. The molecule has 0 unspecified atom stereocenters. The molecule has 1 aliphatic heterocycles. The topological polar surface area (TPSA) is 111 Å². The highest BCUT2D eigenvalue weighted by molar-refractivity contribution is 7.89. The summed E-state index contributed by atoms with van der Waals surface area (Å²) >= 11 is 6.15. The van der Waals surface area contributed by atoms with E-state index in [1.165, 1.54) is 8.99 Å². The van der Waals surface area contributed by atoms with Crippen LogP contribution in [-0.4, -0.2) is 66.6 Å². The second kappa shape index (κ2) is 10.9. The van der Waals surface area contributed by atoms with Gasteiger partial charge in [-0.1, -0.05) is 17.7 Å². The van der Waals surface area contributed by atoms with Gasteiger partial charge in [-0.25, -0.2) is 8.42 Å². The Bertz CT molecular complexity index is 1190. The predicted octanol–water partition coefficient (Wildman–Crippen LogP) is 2.64. The van der Waals surface area contributed by atoms with Crippen LogP contribution in [0.5, 0.6) is 5.75 Å². The Morgan fingerprint density at radius 3 is 2.43 bits per heavy atom. The molecule has 1 saturated carbocycles. The van der Waals surface area contributed by atoms with Gasteiger partial charge in [-0.05, 0) is 70.2 Å². The minimum absolute atomic E-state index is 0.0814. The summed E-state index contributed by atoms with van der Waals surface area (Å²) < 4.78 is 34.4. The van der Waals surface area contributed by atoms with Gasteiger partial charge in [0, 0.05) is 31.2 Å². The molecule has 2 N–H and O–H groups in total. The Morgan fingerprint density at radius 1 is 1.14 bits per heavy atom. The molecule has 35 heavy (non-hydrogen) atoms. The van der Waals surface area contributed by atoms with Crippen molar-refractivity contribution in [2.24, 2.45) is 11.7 Å². The molecule has 0 radical (unpaired) electrons. The number of ether oxygens (including phenoxy) is 1. The van der Waals surface area contributed by atoms with Crippen LogP contribution in [0.25, 0.3) is 5.69 Å². The lowest BCUT2D eigenvalue weighted by atomic mass is 9.87. The number of hydrogen-bond donors (Lipinski definition) is 1. The van der Waals surface area contributed by atoms with E-state index in [2.05, 4.69) is 5.10 Å². The second-order valence-electron chi connectivity index (χ2n) is 9.53. The van der Waals surface area contributed by atoms with Gasteiger partial charge in [0.2, 0.25) is 15.8 Å². The van der Waals surface area contributed by atoms with Crippen molar-refractivity contribution in [3.05, 3.63) is 45.8 Å². The molecular formula is C24H34ClN5O4S. The molecule has 2 aliphatic rings. The van der Waals surface area contributed by atoms with Crippen molar-refractivity contribution in [1.29, 1.82) is 0 Å². The van der Waals surface area contributed by atoms with E-state index in [9.17, 15) is 13.2 Å². The zero-order valence-corrected chi connectivity index (χ0v) is 21.8. The van der Waals surface area contributed by atoms with Crippen molar-refractivity contribution in [2.45, 2.75) is 50.9 Å². The Kier molecular flexibility index (Phi) is 8.05. The van der Waals surface area contributed by atoms with Gasteiger partial charge in [0.1, 0.15) is 5.69 Å². The molecule has 0 atom stereocenters. The summed E-state index contributed by atoms with van der Waals surface area (Å²) in [6, 6.07) is 6.96. The molecule has 9 nitrogen and oxygen atoms in total. The van der Waals surface area contributed by atoms with E-state index < -0.39 is 15.3 Å². The lowest BCUT2D eigenvalue weighted by Gasteiger charge is -2.37. The summed E-state index contributed by atoms with van der Waals surface area (Å²) in [6.07, 6.45) is 5.16. The average Bonchev–Trinajstić information content (AvgIpc) is 2.85. The van der Waals surface area contributed by atoms with E-state index in [1.54, 1.807) is 44.3 Å². The first kappa shape index (κ1) is 25.9. The van der Waals surface area contributed by atoms with Crippen molar-refractivity contribution in [2.75, 3.05) is 37.6 Å². The molecule has 2 fully saturated rings. The zero-order valence-electron chi connectivity index (χ0n) is 20.3. The number of benzene rings is 1. The van der Waals surface area contributed by atoms with Crippen LogP contribution in [0.15, 0.2) is 35.3 Å². The van der Waals surface area contributed by atoms with Gasteiger partial charge in [0.05, 0.1) is 23.2 Å². The summed E-state index contributed by atoms with van der Waals surface area (Å²) in [5, 5.41) is 4.45. The van der Waals surface area contributed by atoms with E-state index in [1.807, 2.05) is 4.90 Å². The van der Waals surface area contributed by atoms with Crippen LogP contribution >= 0.6 is 11.6 Å². The van der Waals surface area contributed by atoms with Crippen LogP contribution in [-0.2, 0) is 10.0 Å². The van der Waals surface area contributed by atoms with Gasteiger partial charge in [-0.3, -0.25) is 4.79 Å². The molecule has 2 aromatic rings. The van der Waals surface area contributed by atoms with Crippen LogP contribution in [0.2, 0.25) is 5.02 Å². The highest BCUT2D eigenvalue weighted by Gasteiger charge is 2.32. The number of halogens is 1. The quantitative estimate of drug-likeness (QED) is 0.594. The number of hydrogen-bond acceptors (Lipinski definition) is 7. The average molecular weight is 524 g/mol. The highest BCUT2D eigenvalue weighted by atomic mass is 35.5. The summed E-state index contributed by atoms with van der Waals surface area (Å²) in [4.78, 5) is 15.6. The number of nitrogens with two attached hydrogens (primary N) is 1. The molecule has 4 rings (SSSR count). The summed E-state index contributed by atoms with van der Waals surface area (Å²) in [5.74, 6) is 0.738. The molecule has 1 aromatic heterocycles. The normalized spacial score (nSPS) is 21.9. The highest BCUT2D eigenvalue weighted by Crippen LogP contribution is 2.31. The van der Waals surface area contributed by atoms with Crippen molar-refractivity contribution in [3.63, 3.8) is 0 Å². The number of anilines is 1. The van der Waals surface area contributed by atoms with Gasteiger partial charge < -0.3 is 15.4 Å². The molecule has 0 amide bonds. The van der Waals surface area contributed by atoms with Gasteiger partial charge in [0.15, 0.2) is 0 Å². The Balaban J connectivity index is 1.64. The molecule has 1 aliphatic carbocycles. The smallest absolute Gasteiger partial charge is 0.316 e. The number of rotatable bonds is 7. The molecule has 2 heterocycles. The van der Waals surface area contributed by atoms with Crippen molar-refractivity contribution < 1.29 is 13.2 Å². The summed E-state index contributed by atoms with van der Waals surface area (Å²) in [7, 11) is -3.33. The SMILES string of the molecule is CC(C)S(=O)(=O)N1CCN(c2cnn(-c3cccc(Cl)c3)c(=O)c2OC2CCC(CN)CC2)CC1. The molecule has 192 valence electrons. The van der Waals surface area contributed by atoms with Crippen molar-refractivity contribution in [1.82, 2.24) is 14.1 Å². The van der Waals surface area contributed by atoms with Gasteiger partial charge >= 0.3 is 5.56 Å². The summed E-state index contributed by atoms with van der Waals surface area (Å²) in [6.45, 7) is 5.63. The predicted molar refractivity (Wildman–Crippen MR) is 138 cm³/mol. The lowest BCUT2D eigenvalue weighted by Crippen LogP contribution is -2.50. The summed E-state index contributed by atoms with van der Waals surface area (Å²) in [5.41, 5.74) is 6.63. The number of nitrogens with zero attached hydrogens (tertiary/aromatic N) is 4. The molecule has 11 heteroatoms. The van der Waals surface area contributed by atoms with Crippen LogP contribution in [0.1, 0.15) is 39.5 Å². The van der Waals surface area contributed by atoms with E-state index in [4.69, 9.17) is 22.1 Å². The maximum absolute atomic E-state index is 13.6. The zero-order chi connectivity index (χ0) is 25.2. The van der Waals surface area contributed by atoms with Crippen molar-refractivity contribution >= 4 is 27.3 Å². The second-order valence-corrected chi connectivity index (χ2v) is 12.5. The third-order valence-corrected chi connectivity index (χ3v) is 9.43. The molecule has 1 saturated heterocycles. The van der Waals surface area contributed by atoms with E-state index in [0.29, 0.717) is 55.0 Å². The maximum atomic E-state index is 13.6. The Morgan fingerprint density at radius 2 is 1.83 bits per heavy atom. The number of piperazine rings is 1. The fraction of sp³-hybridized carbons (Fsp3) is 0.583. The van der Waals surface area contributed by atoms with Crippen molar-refractivity contribution in [3.8, 4) is 11.4 Å². The first-order chi connectivity index (χ1) is 16.7. The number of sulfonamides is 1. The van der Waals surface area contributed by atoms with E-state index in [-0.39, 0.29) is 17.4 Å². The molecule has 1 aromatic carbocycles. The monoisotopic (exact) mass is 523 g/mol. The van der Waals surface area contributed by atoms with Gasteiger partial charge in [-0.2, -0.15) is 14.1 Å². The minimum atomic E-state index is -3.33. The van der Waals surface area contributed by atoms with Crippen LogP contribution in [0, 0.1) is 5.92 Å². The lowest BCUT2D eigenvalue weighted by molar-refractivity contribution is 0.131. The molecule has 0 bridgehead atoms. The van der Waals surface area contributed by atoms with Crippen LogP contribution < -0.4 is 20.9 Å². The standard InChI is InChI=1S/C24H34ClN5O4S/c1-17(2)35(32,33)29-12-10-28(11-13-29)22-16-27-30(20-5-3-4-19(25)14-20)24(31)23(22)34-21-8-6-18(15-26)7-9-21/h3-5,14,16-18,21H,6-13,15,26H2,1-2H3.